The Bertz CT molecular complexity index is 372. The Kier molecular flexibility index (Phi) is 5.34. The summed E-state index contributed by atoms with van der Waals surface area (Å²) >= 11 is 0. The number of nitrogens with one attached hydrogen (secondary N) is 1. The Morgan fingerprint density at radius 1 is 1.29 bits per heavy atom. The van der Waals surface area contributed by atoms with E-state index in [0.717, 1.165) is 25.3 Å². The van der Waals surface area contributed by atoms with Crippen LogP contribution in [-0.4, -0.2) is 24.5 Å². The van der Waals surface area contributed by atoms with Crippen molar-refractivity contribution in [2.24, 2.45) is 0 Å². The van der Waals surface area contributed by atoms with Crippen molar-refractivity contribution in [1.82, 2.24) is 10.2 Å². The van der Waals surface area contributed by atoms with Gasteiger partial charge in [0.2, 0.25) is 0 Å². The molecular formula is C15H22N2. The van der Waals surface area contributed by atoms with Crippen LogP contribution in [0.2, 0.25) is 0 Å². The van der Waals surface area contributed by atoms with Gasteiger partial charge in [0.25, 0.3) is 0 Å². The van der Waals surface area contributed by atoms with E-state index in [1.807, 2.05) is 19.1 Å². The van der Waals surface area contributed by atoms with Crippen molar-refractivity contribution in [1.29, 1.82) is 0 Å². The Morgan fingerprint density at radius 2 is 2.06 bits per heavy atom. The molecule has 0 aliphatic carbocycles. The third-order valence-corrected chi connectivity index (χ3v) is 2.92. The molecule has 0 aromatic rings. The first kappa shape index (κ1) is 13.4. The highest BCUT2D eigenvalue weighted by Gasteiger charge is 2.15. The number of allylic oxidation sites excluding steroid dienone is 3. The quantitative estimate of drug-likeness (QED) is 0.747. The fourth-order valence-electron chi connectivity index (χ4n) is 1.88. The molecule has 0 atom stereocenters. The normalized spacial score (nSPS) is 19.4. The molecule has 0 spiro atoms. The van der Waals surface area contributed by atoms with Crippen molar-refractivity contribution < 1.29 is 0 Å². The Balaban J connectivity index is 2.97. The van der Waals surface area contributed by atoms with Crippen LogP contribution < -0.4 is 5.32 Å². The van der Waals surface area contributed by atoms with Crippen molar-refractivity contribution in [3.05, 3.63) is 60.5 Å². The van der Waals surface area contributed by atoms with Crippen molar-refractivity contribution in [2.45, 2.75) is 13.8 Å². The molecule has 17 heavy (non-hydrogen) atoms. The number of hydrogen-bond acceptors (Lipinski definition) is 2. The van der Waals surface area contributed by atoms with E-state index in [0.29, 0.717) is 0 Å². The average Bonchev–Trinajstić information content (AvgIpc) is 2.54. The van der Waals surface area contributed by atoms with Crippen molar-refractivity contribution in [3.63, 3.8) is 0 Å². The van der Waals surface area contributed by atoms with Gasteiger partial charge in [-0.1, -0.05) is 37.5 Å². The molecule has 0 amide bonds. The molecule has 0 fully saturated rings. The van der Waals surface area contributed by atoms with Gasteiger partial charge in [0, 0.05) is 24.5 Å². The van der Waals surface area contributed by atoms with Crippen LogP contribution >= 0.6 is 0 Å². The maximum atomic E-state index is 3.88. The summed E-state index contributed by atoms with van der Waals surface area (Å²) in [6.07, 6.45) is 10.2. The average molecular weight is 230 g/mol. The molecule has 92 valence electrons. The summed E-state index contributed by atoms with van der Waals surface area (Å²) in [7, 11) is 0. The highest BCUT2D eigenvalue weighted by molar-refractivity contribution is 5.34. The minimum Gasteiger partial charge on any atom is -0.379 e. The zero-order chi connectivity index (χ0) is 12.7. The molecule has 0 saturated carbocycles. The van der Waals surface area contributed by atoms with E-state index in [9.17, 15) is 0 Å². The number of hydrogen-bond donors (Lipinski definition) is 1. The largest absolute Gasteiger partial charge is 0.379 e. The molecule has 1 aliphatic rings. The predicted molar refractivity (Wildman–Crippen MR) is 75.6 cm³/mol. The zero-order valence-electron chi connectivity index (χ0n) is 10.9. The van der Waals surface area contributed by atoms with Gasteiger partial charge < -0.3 is 10.2 Å². The second kappa shape index (κ2) is 6.79. The topological polar surface area (TPSA) is 15.3 Å². The fourth-order valence-corrected chi connectivity index (χ4v) is 1.88. The molecule has 0 unspecified atom stereocenters. The van der Waals surface area contributed by atoms with E-state index in [4.69, 9.17) is 0 Å². The number of nitrogens with zero attached hydrogens (tertiary/aromatic N) is 1. The summed E-state index contributed by atoms with van der Waals surface area (Å²) in [6, 6.07) is 0. The molecule has 0 saturated heterocycles. The van der Waals surface area contributed by atoms with Gasteiger partial charge in [-0.3, -0.25) is 0 Å². The molecule has 1 aliphatic heterocycles. The van der Waals surface area contributed by atoms with Gasteiger partial charge in [0.05, 0.1) is 6.54 Å². The highest BCUT2D eigenvalue weighted by atomic mass is 15.2. The minimum absolute atomic E-state index is 0.840. The summed E-state index contributed by atoms with van der Waals surface area (Å²) in [6.45, 7) is 14.5. The van der Waals surface area contributed by atoms with Gasteiger partial charge in [-0.2, -0.15) is 0 Å². The Morgan fingerprint density at radius 3 is 2.59 bits per heavy atom. The molecule has 2 nitrogen and oxygen atoms in total. The van der Waals surface area contributed by atoms with Crippen LogP contribution in [0.5, 0.6) is 0 Å². The third kappa shape index (κ3) is 3.38. The summed E-state index contributed by atoms with van der Waals surface area (Å²) in [5, 5.41) is 3.40. The lowest BCUT2D eigenvalue weighted by Gasteiger charge is -2.24. The first-order valence-corrected chi connectivity index (χ1v) is 6.00. The Hall–Kier alpha value is -1.70. The van der Waals surface area contributed by atoms with Gasteiger partial charge in [0.15, 0.2) is 0 Å². The first-order valence-electron chi connectivity index (χ1n) is 6.00. The SMILES string of the molecule is C=CC1=C(C=C)NC/C(=C/C)N(C/C=C\C)C1. The molecular weight excluding hydrogens is 208 g/mol. The molecule has 0 aromatic heterocycles. The second-order valence-electron chi connectivity index (χ2n) is 3.93. The molecule has 1 rings (SSSR count). The molecule has 1 heterocycles. The monoisotopic (exact) mass is 230 g/mol. The van der Waals surface area contributed by atoms with Crippen LogP contribution in [0.1, 0.15) is 13.8 Å². The molecule has 0 radical (unpaired) electrons. The van der Waals surface area contributed by atoms with Gasteiger partial charge in [0.1, 0.15) is 0 Å². The van der Waals surface area contributed by atoms with E-state index in [1.165, 1.54) is 11.3 Å². The van der Waals surface area contributed by atoms with Crippen LogP contribution in [0.3, 0.4) is 0 Å². The van der Waals surface area contributed by atoms with E-state index < -0.39 is 0 Å². The highest BCUT2D eigenvalue weighted by Crippen LogP contribution is 2.16. The summed E-state index contributed by atoms with van der Waals surface area (Å²) in [4.78, 5) is 2.35. The molecule has 0 aromatic carbocycles. The lowest BCUT2D eigenvalue weighted by Crippen LogP contribution is -2.27. The van der Waals surface area contributed by atoms with Crippen LogP contribution in [-0.2, 0) is 0 Å². The molecule has 1 N–H and O–H groups in total. The summed E-state index contributed by atoms with van der Waals surface area (Å²) in [5.74, 6) is 0. The van der Waals surface area contributed by atoms with Gasteiger partial charge >= 0.3 is 0 Å². The van der Waals surface area contributed by atoms with Gasteiger partial charge in [-0.15, -0.1) is 0 Å². The van der Waals surface area contributed by atoms with E-state index >= 15 is 0 Å². The van der Waals surface area contributed by atoms with Gasteiger partial charge in [-0.25, -0.2) is 0 Å². The van der Waals surface area contributed by atoms with Crippen molar-refractivity contribution >= 4 is 0 Å². The Labute approximate surface area is 105 Å². The fraction of sp³-hybridized carbons (Fsp3) is 0.333. The molecule has 0 bridgehead atoms. The lowest BCUT2D eigenvalue weighted by molar-refractivity contribution is 0.410. The molecule has 2 heteroatoms. The third-order valence-electron chi connectivity index (χ3n) is 2.92. The maximum absolute atomic E-state index is 3.88. The van der Waals surface area contributed by atoms with Crippen LogP contribution in [0.15, 0.2) is 60.5 Å². The minimum atomic E-state index is 0.840. The van der Waals surface area contributed by atoms with E-state index in [-0.39, 0.29) is 0 Å². The smallest absolute Gasteiger partial charge is 0.0546 e. The van der Waals surface area contributed by atoms with Gasteiger partial charge in [-0.05, 0) is 25.5 Å². The predicted octanol–water partition coefficient (Wildman–Crippen LogP) is 3.00. The van der Waals surface area contributed by atoms with Crippen molar-refractivity contribution in [2.75, 3.05) is 19.6 Å². The zero-order valence-corrected chi connectivity index (χ0v) is 10.9. The number of rotatable bonds is 4. The second-order valence-corrected chi connectivity index (χ2v) is 3.93. The van der Waals surface area contributed by atoms with Crippen LogP contribution in [0, 0.1) is 0 Å². The van der Waals surface area contributed by atoms with Crippen LogP contribution in [0.4, 0.5) is 0 Å². The summed E-state index contributed by atoms with van der Waals surface area (Å²) < 4.78 is 0. The van der Waals surface area contributed by atoms with E-state index in [2.05, 4.69) is 48.5 Å². The summed E-state index contributed by atoms with van der Waals surface area (Å²) in [5.41, 5.74) is 3.59. The van der Waals surface area contributed by atoms with E-state index in [1.54, 1.807) is 0 Å². The maximum Gasteiger partial charge on any atom is 0.0546 e. The lowest BCUT2D eigenvalue weighted by atomic mass is 10.2. The van der Waals surface area contributed by atoms with Crippen LogP contribution in [0.25, 0.3) is 0 Å². The van der Waals surface area contributed by atoms with Crippen molar-refractivity contribution in [3.8, 4) is 0 Å². The first-order chi connectivity index (χ1) is 8.26. The standard InChI is InChI=1S/C15H22N2/c1-5-9-10-17-12-13(6-2)15(8-4)16-11-14(17)7-3/h5-9,16H,2,4,10-12H2,1,3H3/b9-5-,14-7-.